The number of alkyl halides is 3. The van der Waals surface area contributed by atoms with Gasteiger partial charge in [0.1, 0.15) is 0 Å². The number of benzene rings is 1. The van der Waals surface area contributed by atoms with Gasteiger partial charge in [-0.2, -0.15) is 24.9 Å². The van der Waals surface area contributed by atoms with E-state index in [0.29, 0.717) is 10.9 Å². The number of rotatable bonds is 2. The summed E-state index contributed by atoms with van der Waals surface area (Å²) < 4.78 is 37.5. The molecule has 0 saturated carbocycles. The Morgan fingerprint density at radius 3 is 2.71 bits per heavy atom. The lowest BCUT2D eigenvalue weighted by Gasteiger charge is -2.15. The average Bonchev–Trinajstić information content (AvgIpc) is 2.63. The summed E-state index contributed by atoms with van der Waals surface area (Å²) in [6.07, 6.45) is -3.27. The van der Waals surface area contributed by atoms with Crippen molar-refractivity contribution in [3.05, 3.63) is 29.8 Å². The molecular formula is C12H14F3NS. The number of hydrogen-bond acceptors (Lipinski definition) is 2. The summed E-state index contributed by atoms with van der Waals surface area (Å²) >= 11 is 1.85. The van der Waals surface area contributed by atoms with Crippen LogP contribution in [0.25, 0.3) is 0 Å². The predicted molar refractivity (Wildman–Crippen MR) is 65.4 cm³/mol. The van der Waals surface area contributed by atoms with E-state index in [1.54, 1.807) is 6.07 Å². The summed E-state index contributed by atoms with van der Waals surface area (Å²) in [7, 11) is 0. The lowest BCUT2D eigenvalue weighted by Crippen LogP contribution is -2.19. The molecule has 1 saturated heterocycles. The summed E-state index contributed by atoms with van der Waals surface area (Å²) in [4.78, 5) is 0. The van der Waals surface area contributed by atoms with Crippen molar-refractivity contribution >= 4 is 17.4 Å². The molecule has 1 heterocycles. The minimum atomic E-state index is -4.27. The van der Waals surface area contributed by atoms with E-state index in [9.17, 15) is 13.2 Å². The van der Waals surface area contributed by atoms with E-state index in [1.807, 2.05) is 11.8 Å². The van der Waals surface area contributed by atoms with Gasteiger partial charge in [-0.25, -0.2) is 0 Å². The van der Waals surface area contributed by atoms with Crippen LogP contribution in [-0.4, -0.2) is 17.0 Å². The Morgan fingerprint density at radius 2 is 2.12 bits per heavy atom. The normalized spacial score (nSPS) is 24.9. The van der Waals surface area contributed by atoms with Crippen LogP contribution in [0, 0.1) is 0 Å². The summed E-state index contributed by atoms with van der Waals surface area (Å²) in [6.45, 7) is 2.14. The third-order valence-electron chi connectivity index (χ3n) is 2.76. The van der Waals surface area contributed by atoms with E-state index in [-0.39, 0.29) is 6.04 Å². The fourth-order valence-electron chi connectivity index (χ4n) is 1.94. The van der Waals surface area contributed by atoms with E-state index in [4.69, 9.17) is 0 Å². The molecule has 0 bridgehead atoms. The Labute approximate surface area is 103 Å². The van der Waals surface area contributed by atoms with Crippen LogP contribution in [0.3, 0.4) is 0 Å². The van der Waals surface area contributed by atoms with E-state index >= 15 is 0 Å². The van der Waals surface area contributed by atoms with Crippen LogP contribution in [0.15, 0.2) is 24.3 Å². The second-order valence-corrected chi connectivity index (χ2v) is 5.77. The SMILES string of the molecule is CC1CC(Nc2cccc(C(F)(F)F)c2)CS1. The first-order valence-electron chi connectivity index (χ1n) is 5.50. The van der Waals surface area contributed by atoms with Crippen molar-refractivity contribution in [2.45, 2.75) is 30.8 Å². The first-order valence-corrected chi connectivity index (χ1v) is 6.55. The van der Waals surface area contributed by atoms with Gasteiger partial charge in [0, 0.05) is 22.7 Å². The topological polar surface area (TPSA) is 12.0 Å². The monoisotopic (exact) mass is 261 g/mol. The maximum atomic E-state index is 12.5. The summed E-state index contributed by atoms with van der Waals surface area (Å²) in [5.74, 6) is 0.956. The van der Waals surface area contributed by atoms with Crippen LogP contribution in [0.1, 0.15) is 18.9 Å². The molecule has 1 N–H and O–H groups in total. The molecule has 0 amide bonds. The molecule has 1 aliphatic heterocycles. The highest BCUT2D eigenvalue weighted by atomic mass is 32.2. The molecule has 0 aliphatic carbocycles. The van der Waals surface area contributed by atoms with Gasteiger partial charge in [-0.05, 0) is 24.6 Å². The molecule has 0 aromatic heterocycles. The molecule has 2 unspecified atom stereocenters. The zero-order chi connectivity index (χ0) is 12.5. The van der Waals surface area contributed by atoms with Crippen LogP contribution in [0.5, 0.6) is 0 Å². The van der Waals surface area contributed by atoms with Gasteiger partial charge in [0.25, 0.3) is 0 Å². The van der Waals surface area contributed by atoms with Gasteiger partial charge in [0.15, 0.2) is 0 Å². The fraction of sp³-hybridized carbons (Fsp3) is 0.500. The Balaban J connectivity index is 2.06. The molecule has 1 aliphatic rings. The molecule has 0 radical (unpaired) electrons. The number of halogens is 3. The third-order valence-corrected chi connectivity index (χ3v) is 4.12. The lowest BCUT2D eigenvalue weighted by atomic mass is 10.1. The quantitative estimate of drug-likeness (QED) is 0.863. The van der Waals surface area contributed by atoms with Crippen molar-refractivity contribution in [2.24, 2.45) is 0 Å². The van der Waals surface area contributed by atoms with Gasteiger partial charge in [0.05, 0.1) is 5.56 Å². The Morgan fingerprint density at radius 1 is 1.35 bits per heavy atom. The second-order valence-electron chi connectivity index (χ2n) is 4.30. The molecule has 2 rings (SSSR count). The number of thioether (sulfide) groups is 1. The first-order chi connectivity index (χ1) is 7.95. The fourth-order valence-corrected chi connectivity index (χ4v) is 3.09. The van der Waals surface area contributed by atoms with Gasteiger partial charge >= 0.3 is 6.18 Å². The van der Waals surface area contributed by atoms with Crippen molar-refractivity contribution in [2.75, 3.05) is 11.1 Å². The maximum Gasteiger partial charge on any atom is 0.416 e. The summed E-state index contributed by atoms with van der Waals surface area (Å²) in [5, 5.41) is 3.74. The third kappa shape index (κ3) is 3.31. The Bertz CT molecular complexity index is 392. The highest BCUT2D eigenvalue weighted by molar-refractivity contribution is 8.00. The van der Waals surface area contributed by atoms with E-state index in [2.05, 4.69) is 12.2 Å². The largest absolute Gasteiger partial charge is 0.416 e. The molecule has 5 heteroatoms. The number of nitrogens with one attached hydrogen (secondary N) is 1. The van der Waals surface area contributed by atoms with Crippen LogP contribution in [0.4, 0.5) is 18.9 Å². The van der Waals surface area contributed by atoms with Crippen molar-refractivity contribution in [3.8, 4) is 0 Å². The van der Waals surface area contributed by atoms with Crippen LogP contribution in [-0.2, 0) is 6.18 Å². The van der Waals surface area contributed by atoms with Crippen molar-refractivity contribution in [1.29, 1.82) is 0 Å². The van der Waals surface area contributed by atoms with Gasteiger partial charge in [0.2, 0.25) is 0 Å². The Kier molecular flexibility index (Phi) is 3.56. The van der Waals surface area contributed by atoms with Gasteiger partial charge in [-0.1, -0.05) is 13.0 Å². The maximum absolute atomic E-state index is 12.5. The van der Waals surface area contributed by atoms with Crippen LogP contribution in [0.2, 0.25) is 0 Å². The molecule has 1 nitrogen and oxygen atoms in total. The predicted octanol–water partition coefficient (Wildman–Crippen LogP) is 4.01. The first kappa shape index (κ1) is 12.6. The highest BCUT2D eigenvalue weighted by Gasteiger charge is 2.30. The molecule has 1 aromatic carbocycles. The van der Waals surface area contributed by atoms with Crippen LogP contribution >= 0.6 is 11.8 Å². The minimum absolute atomic E-state index is 0.276. The standard InChI is InChI=1S/C12H14F3NS/c1-8-5-11(7-17-8)16-10-4-2-3-9(6-10)12(13,14)15/h2-4,6,8,11,16H,5,7H2,1H3. The number of hydrogen-bond donors (Lipinski definition) is 1. The van der Waals surface area contributed by atoms with E-state index in [0.717, 1.165) is 18.2 Å². The average molecular weight is 261 g/mol. The zero-order valence-electron chi connectivity index (χ0n) is 9.42. The molecule has 17 heavy (non-hydrogen) atoms. The molecule has 1 fully saturated rings. The van der Waals surface area contributed by atoms with Crippen molar-refractivity contribution in [3.63, 3.8) is 0 Å². The van der Waals surface area contributed by atoms with Crippen molar-refractivity contribution in [1.82, 2.24) is 0 Å². The molecular weight excluding hydrogens is 247 g/mol. The molecule has 2 atom stereocenters. The van der Waals surface area contributed by atoms with Gasteiger partial charge in [-0.3, -0.25) is 0 Å². The molecule has 0 spiro atoms. The van der Waals surface area contributed by atoms with E-state index in [1.165, 1.54) is 12.1 Å². The minimum Gasteiger partial charge on any atom is -0.381 e. The van der Waals surface area contributed by atoms with Gasteiger partial charge < -0.3 is 5.32 Å². The highest BCUT2D eigenvalue weighted by Crippen LogP contribution is 2.32. The smallest absolute Gasteiger partial charge is 0.381 e. The van der Waals surface area contributed by atoms with Crippen molar-refractivity contribution < 1.29 is 13.2 Å². The summed E-state index contributed by atoms with van der Waals surface area (Å²) in [5.41, 5.74) is -0.0410. The van der Waals surface area contributed by atoms with Gasteiger partial charge in [-0.15, -0.1) is 0 Å². The second kappa shape index (κ2) is 4.80. The van der Waals surface area contributed by atoms with E-state index < -0.39 is 11.7 Å². The molecule has 94 valence electrons. The van der Waals surface area contributed by atoms with Crippen LogP contribution < -0.4 is 5.32 Å². The number of anilines is 1. The zero-order valence-corrected chi connectivity index (χ0v) is 10.2. The Hall–Kier alpha value is -0.840. The lowest BCUT2D eigenvalue weighted by molar-refractivity contribution is -0.137. The summed E-state index contributed by atoms with van der Waals surface area (Å²) in [6, 6.07) is 5.67. The molecule has 1 aromatic rings.